The molecule has 108 valence electrons. The molecule has 2 unspecified atom stereocenters. The van der Waals surface area contributed by atoms with Gasteiger partial charge in [0.2, 0.25) is 0 Å². The lowest BCUT2D eigenvalue weighted by molar-refractivity contribution is -0.162. The summed E-state index contributed by atoms with van der Waals surface area (Å²) in [5.41, 5.74) is 0.591. The van der Waals surface area contributed by atoms with Gasteiger partial charge in [0.1, 0.15) is 6.10 Å². The Morgan fingerprint density at radius 2 is 1.85 bits per heavy atom. The van der Waals surface area contributed by atoms with Gasteiger partial charge in [-0.25, -0.2) is 4.79 Å². The number of fused-ring (bicyclic) bond motifs is 2. The van der Waals surface area contributed by atoms with Crippen molar-refractivity contribution in [2.45, 2.75) is 50.0 Å². The van der Waals surface area contributed by atoms with Gasteiger partial charge in [0.05, 0.1) is 0 Å². The van der Waals surface area contributed by atoms with E-state index in [9.17, 15) is 9.90 Å². The van der Waals surface area contributed by atoms with E-state index in [1.165, 1.54) is 12.8 Å². The van der Waals surface area contributed by atoms with E-state index in [1.54, 1.807) is 12.1 Å². The van der Waals surface area contributed by atoms with E-state index in [2.05, 4.69) is 11.9 Å². The second kappa shape index (κ2) is 5.54. The van der Waals surface area contributed by atoms with Crippen LogP contribution in [0.5, 0.6) is 0 Å². The zero-order valence-electron chi connectivity index (χ0n) is 11.7. The van der Waals surface area contributed by atoms with Crippen LogP contribution in [0.1, 0.15) is 37.4 Å². The van der Waals surface area contributed by atoms with Crippen molar-refractivity contribution in [2.24, 2.45) is 0 Å². The van der Waals surface area contributed by atoms with E-state index < -0.39 is 12.1 Å². The first kappa shape index (κ1) is 13.6. The normalized spacial score (nSPS) is 31.0. The Morgan fingerprint density at radius 1 is 1.25 bits per heavy atom. The SMILES string of the molecule is CN1C2CC[C@H]1CC(OC(=O)[C@H](O)c1ccccc1)C2. The van der Waals surface area contributed by atoms with Gasteiger partial charge >= 0.3 is 5.97 Å². The Bertz CT molecular complexity index is 462. The molecule has 0 amide bonds. The molecule has 2 bridgehead atoms. The van der Waals surface area contributed by atoms with Crippen LogP contribution < -0.4 is 0 Å². The molecule has 2 heterocycles. The molecule has 0 aromatic heterocycles. The quantitative estimate of drug-likeness (QED) is 0.856. The fraction of sp³-hybridized carbons (Fsp3) is 0.562. The molecule has 20 heavy (non-hydrogen) atoms. The number of ether oxygens (including phenoxy) is 1. The number of hydrogen-bond acceptors (Lipinski definition) is 4. The molecule has 0 aliphatic carbocycles. The number of rotatable bonds is 3. The first-order valence-corrected chi connectivity index (χ1v) is 7.30. The number of carbonyl (C=O) groups is 1. The monoisotopic (exact) mass is 275 g/mol. The second-order valence-electron chi connectivity index (χ2n) is 5.89. The number of carbonyl (C=O) groups excluding carboxylic acids is 1. The van der Waals surface area contributed by atoms with Gasteiger partial charge < -0.3 is 14.7 Å². The summed E-state index contributed by atoms with van der Waals surface area (Å²) in [4.78, 5) is 14.4. The highest BCUT2D eigenvalue weighted by Gasteiger charge is 2.40. The van der Waals surface area contributed by atoms with E-state index in [4.69, 9.17) is 4.74 Å². The lowest BCUT2D eigenvalue weighted by Crippen LogP contribution is -2.43. The fourth-order valence-corrected chi connectivity index (χ4v) is 3.46. The molecule has 1 aromatic carbocycles. The summed E-state index contributed by atoms with van der Waals surface area (Å²) < 4.78 is 5.52. The van der Waals surface area contributed by atoms with Crippen molar-refractivity contribution in [3.05, 3.63) is 35.9 Å². The summed E-state index contributed by atoms with van der Waals surface area (Å²) in [6.45, 7) is 0. The highest BCUT2D eigenvalue weighted by atomic mass is 16.6. The smallest absolute Gasteiger partial charge is 0.339 e. The third-order valence-corrected chi connectivity index (χ3v) is 4.68. The van der Waals surface area contributed by atoms with Crippen molar-refractivity contribution in [3.8, 4) is 0 Å². The molecule has 4 atom stereocenters. The molecular weight excluding hydrogens is 254 g/mol. The van der Waals surface area contributed by atoms with E-state index in [0.29, 0.717) is 17.6 Å². The molecule has 0 spiro atoms. The van der Waals surface area contributed by atoms with Crippen molar-refractivity contribution < 1.29 is 14.6 Å². The minimum atomic E-state index is -1.17. The van der Waals surface area contributed by atoms with Crippen LogP contribution >= 0.6 is 0 Å². The van der Waals surface area contributed by atoms with Crippen LogP contribution in [0.15, 0.2) is 30.3 Å². The van der Waals surface area contributed by atoms with Crippen LogP contribution in [0.4, 0.5) is 0 Å². The number of piperidine rings is 1. The highest BCUT2D eigenvalue weighted by Crippen LogP contribution is 2.35. The van der Waals surface area contributed by atoms with Crippen LogP contribution in [0.3, 0.4) is 0 Å². The lowest BCUT2D eigenvalue weighted by Gasteiger charge is -2.36. The first-order chi connectivity index (χ1) is 9.65. The van der Waals surface area contributed by atoms with Gasteiger partial charge in [-0.05, 0) is 38.3 Å². The molecular formula is C16H21NO3. The third kappa shape index (κ3) is 2.58. The predicted octanol–water partition coefficient (Wildman–Crippen LogP) is 1.89. The molecule has 0 radical (unpaired) electrons. The zero-order chi connectivity index (χ0) is 14.1. The molecule has 2 aliphatic heterocycles. The molecule has 1 N–H and O–H groups in total. The number of nitrogens with zero attached hydrogens (tertiary/aromatic N) is 1. The van der Waals surface area contributed by atoms with Gasteiger partial charge in [0.25, 0.3) is 0 Å². The van der Waals surface area contributed by atoms with Gasteiger partial charge in [-0.15, -0.1) is 0 Å². The number of benzene rings is 1. The maximum absolute atomic E-state index is 12.0. The minimum Gasteiger partial charge on any atom is -0.460 e. The van der Waals surface area contributed by atoms with Gasteiger partial charge in [-0.2, -0.15) is 0 Å². The molecule has 1 aromatic rings. The van der Waals surface area contributed by atoms with Gasteiger partial charge in [0, 0.05) is 12.1 Å². The second-order valence-corrected chi connectivity index (χ2v) is 5.89. The van der Waals surface area contributed by atoms with E-state index in [-0.39, 0.29) is 6.10 Å². The first-order valence-electron chi connectivity index (χ1n) is 7.30. The Labute approximate surface area is 119 Å². The van der Waals surface area contributed by atoms with E-state index >= 15 is 0 Å². The summed E-state index contributed by atoms with van der Waals surface area (Å²) in [7, 11) is 2.15. The van der Waals surface area contributed by atoms with Crippen LogP contribution in [-0.2, 0) is 9.53 Å². The van der Waals surface area contributed by atoms with Gasteiger partial charge in [-0.3, -0.25) is 0 Å². The number of aliphatic hydroxyl groups is 1. The molecule has 4 heteroatoms. The third-order valence-electron chi connectivity index (χ3n) is 4.68. The topological polar surface area (TPSA) is 49.8 Å². The fourth-order valence-electron chi connectivity index (χ4n) is 3.46. The maximum atomic E-state index is 12.0. The largest absolute Gasteiger partial charge is 0.460 e. The highest BCUT2D eigenvalue weighted by molar-refractivity contribution is 5.76. The number of esters is 1. The molecule has 0 saturated carbocycles. The molecule has 4 nitrogen and oxygen atoms in total. The van der Waals surface area contributed by atoms with Gasteiger partial charge in [0.15, 0.2) is 6.10 Å². The van der Waals surface area contributed by atoms with E-state index in [0.717, 1.165) is 12.8 Å². The lowest BCUT2D eigenvalue weighted by atomic mass is 10.0. The average Bonchev–Trinajstić information content (AvgIpc) is 2.69. The van der Waals surface area contributed by atoms with E-state index in [1.807, 2.05) is 18.2 Å². The van der Waals surface area contributed by atoms with Crippen LogP contribution in [-0.4, -0.2) is 41.2 Å². The summed E-state index contributed by atoms with van der Waals surface area (Å²) in [5.74, 6) is -0.523. The van der Waals surface area contributed by atoms with Gasteiger partial charge in [-0.1, -0.05) is 30.3 Å². The Morgan fingerprint density at radius 3 is 2.45 bits per heavy atom. The maximum Gasteiger partial charge on any atom is 0.339 e. The van der Waals surface area contributed by atoms with Crippen molar-refractivity contribution >= 4 is 5.97 Å². The van der Waals surface area contributed by atoms with Crippen molar-refractivity contribution in [3.63, 3.8) is 0 Å². The summed E-state index contributed by atoms with van der Waals surface area (Å²) >= 11 is 0. The van der Waals surface area contributed by atoms with Crippen molar-refractivity contribution in [1.82, 2.24) is 4.90 Å². The molecule has 3 rings (SSSR count). The predicted molar refractivity (Wildman–Crippen MR) is 75.1 cm³/mol. The molecule has 2 fully saturated rings. The van der Waals surface area contributed by atoms with Crippen LogP contribution in [0, 0.1) is 0 Å². The van der Waals surface area contributed by atoms with Crippen molar-refractivity contribution in [2.75, 3.05) is 7.05 Å². The summed E-state index contributed by atoms with van der Waals surface area (Å²) in [5, 5.41) is 10.0. The van der Waals surface area contributed by atoms with Crippen LogP contribution in [0.2, 0.25) is 0 Å². The minimum absolute atomic E-state index is 0.0467. The standard InChI is InChI=1S/C16H21NO3/c1-17-12-7-8-13(17)10-14(9-12)20-16(19)15(18)11-5-3-2-4-6-11/h2-6,12-15,18H,7-10H2,1H3/t12-,13?,14?,15+/m0/s1. The Hall–Kier alpha value is -1.39. The number of aliphatic hydroxyl groups excluding tert-OH is 1. The summed E-state index contributed by atoms with van der Waals surface area (Å²) in [6.07, 6.45) is 2.94. The average molecular weight is 275 g/mol. The van der Waals surface area contributed by atoms with Crippen LogP contribution in [0.25, 0.3) is 0 Å². The Balaban J connectivity index is 1.60. The summed E-state index contributed by atoms with van der Waals surface area (Å²) in [6, 6.07) is 10.0. The Kier molecular flexibility index (Phi) is 3.76. The molecule has 2 aliphatic rings. The van der Waals surface area contributed by atoms with Crippen molar-refractivity contribution in [1.29, 1.82) is 0 Å². The number of hydrogen-bond donors (Lipinski definition) is 1. The zero-order valence-corrected chi connectivity index (χ0v) is 11.7. The molecule has 2 saturated heterocycles.